The molecule has 2 unspecified atom stereocenters. The predicted octanol–water partition coefficient (Wildman–Crippen LogP) is 1.75. The molecule has 0 amide bonds. The fourth-order valence-corrected chi connectivity index (χ4v) is 2.72. The molecule has 1 aliphatic heterocycles. The Morgan fingerprint density at radius 3 is 2.67 bits per heavy atom. The molecule has 1 rings (SSSR count). The van der Waals surface area contributed by atoms with E-state index in [1.165, 1.54) is 0 Å². The lowest BCUT2D eigenvalue weighted by Crippen LogP contribution is -2.16. The molecular formula is C5H11O2PS. The third-order valence-corrected chi connectivity index (χ3v) is 3.19. The Kier molecular flexibility index (Phi) is 2.27. The van der Waals surface area contributed by atoms with Crippen LogP contribution in [0.3, 0.4) is 0 Å². The Bertz CT molecular complexity index is 148. The summed E-state index contributed by atoms with van der Waals surface area (Å²) in [5, 5.41) is 0. The molecule has 1 heterocycles. The van der Waals surface area contributed by atoms with Crippen molar-refractivity contribution < 1.29 is 9.05 Å². The zero-order valence-corrected chi connectivity index (χ0v) is 7.37. The summed E-state index contributed by atoms with van der Waals surface area (Å²) in [6, 6.07) is 0. The summed E-state index contributed by atoms with van der Waals surface area (Å²) in [6.45, 7) is 2.87. The van der Waals surface area contributed by atoms with Gasteiger partial charge in [0.15, 0.2) is 6.49 Å². The molecule has 0 bridgehead atoms. The van der Waals surface area contributed by atoms with E-state index in [9.17, 15) is 0 Å². The third-order valence-electron chi connectivity index (χ3n) is 1.22. The molecule has 1 aliphatic rings. The molecule has 2 atom stereocenters. The smallest absolute Gasteiger partial charge is 0.185 e. The van der Waals surface area contributed by atoms with Crippen LogP contribution in [0.5, 0.6) is 0 Å². The number of hydrogen-bond acceptors (Lipinski definition) is 3. The maximum absolute atomic E-state index is 5.38. The van der Waals surface area contributed by atoms with Crippen molar-refractivity contribution >= 4 is 18.3 Å². The van der Waals surface area contributed by atoms with Gasteiger partial charge in [0, 0.05) is 6.66 Å². The molecule has 54 valence electrons. The molecule has 0 saturated carbocycles. The van der Waals surface area contributed by atoms with Crippen LogP contribution in [0.2, 0.25) is 0 Å². The van der Waals surface area contributed by atoms with Gasteiger partial charge < -0.3 is 9.05 Å². The first-order chi connectivity index (χ1) is 4.10. The number of hydrogen-bond donors (Lipinski definition) is 0. The summed E-state index contributed by atoms with van der Waals surface area (Å²) in [5.41, 5.74) is 0. The fraction of sp³-hybridized carbons (Fsp3) is 1.00. The van der Waals surface area contributed by atoms with Gasteiger partial charge in [-0.05, 0) is 25.2 Å². The minimum Gasteiger partial charge on any atom is -0.329 e. The van der Waals surface area contributed by atoms with Crippen molar-refractivity contribution in [3.63, 3.8) is 0 Å². The van der Waals surface area contributed by atoms with Crippen LogP contribution in [0.1, 0.15) is 13.3 Å². The van der Waals surface area contributed by atoms with E-state index in [2.05, 4.69) is 0 Å². The van der Waals surface area contributed by atoms with E-state index >= 15 is 0 Å². The largest absolute Gasteiger partial charge is 0.329 e. The van der Waals surface area contributed by atoms with Crippen LogP contribution in [-0.2, 0) is 20.9 Å². The van der Waals surface area contributed by atoms with Crippen LogP contribution in [0.25, 0.3) is 0 Å². The van der Waals surface area contributed by atoms with E-state index in [1.54, 1.807) is 0 Å². The lowest BCUT2D eigenvalue weighted by atomic mass is 10.3. The van der Waals surface area contributed by atoms with Gasteiger partial charge in [-0.15, -0.1) is 0 Å². The molecule has 2 nitrogen and oxygen atoms in total. The van der Waals surface area contributed by atoms with Gasteiger partial charge in [0.25, 0.3) is 0 Å². The molecule has 0 aromatic heterocycles. The zero-order valence-electron chi connectivity index (χ0n) is 5.66. The first-order valence-electron chi connectivity index (χ1n) is 3.00. The van der Waals surface area contributed by atoms with Gasteiger partial charge in [-0.2, -0.15) is 0 Å². The fourth-order valence-electron chi connectivity index (χ4n) is 0.794. The van der Waals surface area contributed by atoms with E-state index in [4.69, 9.17) is 20.9 Å². The second-order valence-corrected chi connectivity index (χ2v) is 6.31. The molecule has 4 heteroatoms. The molecule has 0 N–H and O–H groups in total. The van der Waals surface area contributed by atoms with Gasteiger partial charge in [-0.1, -0.05) is 0 Å². The molecule has 0 spiro atoms. The van der Waals surface area contributed by atoms with Crippen molar-refractivity contribution in [3.8, 4) is 0 Å². The second-order valence-electron chi connectivity index (χ2n) is 2.31. The van der Waals surface area contributed by atoms with Crippen LogP contribution < -0.4 is 0 Å². The summed E-state index contributed by atoms with van der Waals surface area (Å²) >= 11 is 5.04. The zero-order chi connectivity index (χ0) is 6.91. The van der Waals surface area contributed by atoms with Gasteiger partial charge in [-0.25, -0.2) is 0 Å². The van der Waals surface area contributed by atoms with Crippen LogP contribution in [0.15, 0.2) is 0 Å². The normalized spacial score (nSPS) is 44.9. The Balaban J connectivity index is 2.51. The molecule has 0 aliphatic carbocycles. The van der Waals surface area contributed by atoms with Crippen LogP contribution in [-0.4, -0.2) is 19.4 Å². The van der Waals surface area contributed by atoms with E-state index in [-0.39, 0.29) is 0 Å². The molecule has 0 aromatic rings. The second kappa shape index (κ2) is 2.67. The first-order valence-corrected chi connectivity index (χ1v) is 6.09. The summed E-state index contributed by atoms with van der Waals surface area (Å²) in [4.78, 5) is 0. The van der Waals surface area contributed by atoms with Gasteiger partial charge in [0.1, 0.15) is 0 Å². The molecular weight excluding hydrogens is 155 g/mol. The highest BCUT2D eigenvalue weighted by molar-refractivity contribution is 8.09. The Hall–Kier alpha value is 0.570. The van der Waals surface area contributed by atoms with Gasteiger partial charge >= 0.3 is 0 Å². The highest BCUT2D eigenvalue weighted by Gasteiger charge is 2.20. The Morgan fingerprint density at radius 1 is 1.67 bits per heavy atom. The van der Waals surface area contributed by atoms with Crippen molar-refractivity contribution in [2.75, 3.05) is 13.3 Å². The summed E-state index contributed by atoms with van der Waals surface area (Å²) in [5.74, 6) is 0. The maximum atomic E-state index is 5.38. The van der Waals surface area contributed by atoms with E-state index in [0.29, 0.717) is 6.10 Å². The van der Waals surface area contributed by atoms with E-state index in [1.807, 2.05) is 13.6 Å². The highest BCUT2D eigenvalue weighted by Crippen LogP contribution is 2.48. The molecule has 0 aromatic carbocycles. The van der Waals surface area contributed by atoms with Crippen molar-refractivity contribution in [1.82, 2.24) is 0 Å². The monoisotopic (exact) mass is 166 g/mol. The highest BCUT2D eigenvalue weighted by atomic mass is 32.5. The van der Waals surface area contributed by atoms with Crippen molar-refractivity contribution in [2.45, 2.75) is 19.4 Å². The summed E-state index contributed by atoms with van der Waals surface area (Å²) < 4.78 is 10.6. The van der Waals surface area contributed by atoms with E-state index < -0.39 is 6.49 Å². The van der Waals surface area contributed by atoms with Crippen molar-refractivity contribution in [2.24, 2.45) is 0 Å². The van der Waals surface area contributed by atoms with Crippen molar-refractivity contribution in [3.05, 3.63) is 0 Å². The Morgan fingerprint density at radius 2 is 2.33 bits per heavy atom. The molecule has 0 radical (unpaired) electrons. The standard InChI is InChI=1S/C5H11O2PS/c1-5-3-4-6-8(2,9)7-5/h5H,3-4H2,1-2H3. The molecule has 1 fully saturated rings. The van der Waals surface area contributed by atoms with Crippen LogP contribution >= 0.6 is 6.49 Å². The average Bonchev–Trinajstić information content (AvgIpc) is 1.60. The van der Waals surface area contributed by atoms with Gasteiger partial charge in [0.05, 0.1) is 12.7 Å². The quantitative estimate of drug-likeness (QED) is 0.511. The lowest BCUT2D eigenvalue weighted by Gasteiger charge is -2.27. The lowest BCUT2D eigenvalue weighted by molar-refractivity contribution is 0.121. The van der Waals surface area contributed by atoms with E-state index in [0.717, 1.165) is 13.0 Å². The number of rotatable bonds is 0. The van der Waals surface area contributed by atoms with Crippen LogP contribution in [0, 0.1) is 0 Å². The molecule has 1 saturated heterocycles. The Labute approximate surface area is 60.7 Å². The minimum atomic E-state index is -1.81. The third kappa shape index (κ3) is 2.34. The topological polar surface area (TPSA) is 18.5 Å². The maximum Gasteiger partial charge on any atom is 0.185 e. The SMILES string of the molecule is CC1CCOP(C)(=S)O1. The average molecular weight is 166 g/mol. The summed E-state index contributed by atoms with van der Waals surface area (Å²) in [6.07, 6.45) is 1.28. The van der Waals surface area contributed by atoms with Gasteiger partial charge in [-0.3, -0.25) is 0 Å². The summed E-state index contributed by atoms with van der Waals surface area (Å²) in [7, 11) is 0. The predicted molar refractivity (Wildman–Crippen MR) is 41.3 cm³/mol. The molecule has 9 heavy (non-hydrogen) atoms. The van der Waals surface area contributed by atoms with Gasteiger partial charge in [0.2, 0.25) is 0 Å². The first kappa shape index (κ1) is 7.67. The van der Waals surface area contributed by atoms with Crippen molar-refractivity contribution in [1.29, 1.82) is 0 Å². The van der Waals surface area contributed by atoms with Crippen LogP contribution in [0.4, 0.5) is 0 Å². The minimum absolute atomic E-state index is 0.301.